The molecule has 0 aromatic heterocycles. The maximum atomic E-state index is 10.7. The molecule has 0 saturated carbocycles. The summed E-state index contributed by atoms with van der Waals surface area (Å²) in [5.41, 5.74) is 0.703. The Bertz CT molecular complexity index is 339. The van der Waals surface area contributed by atoms with Gasteiger partial charge in [0.2, 0.25) is 0 Å². The smallest absolute Gasteiger partial charge is 0.321 e. The van der Waals surface area contributed by atoms with Crippen molar-refractivity contribution < 1.29 is 9.53 Å². The van der Waals surface area contributed by atoms with Crippen LogP contribution in [0.5, 0.6) is 0 Å². The number of hydrogen-bond acceptors (Lipinski definition) is 2. The zero-order chi connectivity index (χ0) is 10.6. The lowest BCUT2D eigenvalue weighted by molar-refractivity contribution is -0.141. The summed E-state index contributed by atoms with van der Waals surface area (Å²) >= 11 is 16.8. The second-order valence-corrected chi connectivity index (χ2v) is 3.64. The standard InChI is InChI=1S/C9H7Cl3O2/c10-4-9(13)14-5-6-1-2-7(11)3-8(6)12/h1-3H,4-5H2. The predicted molar refractivity (Wildman–Crippen MR) is 57.0 cm³/mol. The van der Waals surface area contributed by atoms with Crippen molar-refractivity contribution in [2.24, 2.45) is 0 Å². The van der Waals surface area contributed by atoms with Gasteiger partial charge in [-0.1, -0.05) is 29.3 Å². The first-order valence-electron chi connectivity index (χ1n) is 3.79. The number of carbonyl (C=O) groups is 1. The molecule has 0 aliphatic heterocycles. The molecule has 1 rings (SSSR count). The first-order chi connectivity index (χ1) is 6.63. The Morgan fingerprint density at radius 1 is 1.36 bits per heavy atom. The summed E-state index contributed by atoms with van der Waals surface area (Å²) in [7, 11) is 0. The highest BCUT2D eigenvalue weighted by Crippen LogP contribution is 2.21. The Balaban J connectivity index is 2.63. The van der Waals surface area contributed by atoms with Crippen LogP contribution in [0, 0.1) is 0 Å². The summed E-state index contributed by atoms with van der Waals surface area (Å²) in [5, 5.41) is 1.02. The molecule has 1 aromatic carbocycles. The summed E-state index contributed by atoms with van der Waals surface area (Å²) < 4.78 is 4.80. The van der Waals surface area contributed by atoms with Gasteiger partial charge in [0.25, 0.3) is 0 Å². The molecule has 1 aromatic rings. The summed E-state index contributed by atoms with van der Waals surface area (Å²) in [6.07, 6.45) is 0. The number of hydrogen-bond donors (Lipinski definition) is 0. The fourth-order valence-electron chi connectivity index (χ4n) is 0.836. The Morgan fingerprint density at radius 3 is 2.64 bits per heavy atom. The Labute approximate surface area is 96.7 Å². The zero-order valence-electron chi connectivity index (χ0n) is 7.10. The molecular weight excluding hydrogens is 246 g/mol. The van der Waals surface area contributed by atoms with E-state index in [-0.39, 0.29) is 12.5 Å². The van der Waals surface area contributed by atoms with Gasteiger partial charge in [-0.25, -0.2) is 0 Å². The quantitative estimate of drug-likeness (QED) is 0.610. The molecule has 0 spiro atoms. The molecule has 0 N–H and O–H groups in total. The molecule has 0 aliphatic rings. The molecule has 0 fully saturated rings. The minimum Gasteiger partial charge on any atom is -0.460 e. The summed E-state index contributed by atoms with van der Waals surface area (Å²) in [6, 6.07) is 4.97. The van der Waals surface area contributed by atoms with E-state index in [1.54, 1.807) is 18.2 Å². The maximum absolute atomic E-state index is 10.7. The van der Waals surface area contributed by atoms with Crippen LogP contribution in [0.3, 0.4) is 0 Å². The first kappa shape index (κ1) is 11.6. The van der Waals surface area contributed by atoms with Crippen LogP contribution in [-0.2, 0) is 16.1 Å². The van der Waals surface area contributed by atoms with E-state index in [9.17, 15) is 4.79 Å². The van der Waals surface area contributed by atoms with Crippen LogP contribution in [0.25, 0.3) is 0 Å². The van der Waals surface area contributed by atoms with Crippen molar-refractivity contribution in [3.8, 4) is 0 Å². The third-order valence-corrected chi connectivity index (χ3v) is 2.32. The van der Waals surface area contributed by atoms with Gasteiger partial charge in [0.1, 0.15) is 12.5 Å². The van der Waals surface area contributed by atoms with Gasteiger partial charge >= 0.3 is 5.97 Å². The Kier molecular flexibility index (Phi) is 4.52. The predicted octanol–water partition coefficient (Wildman–Crippen LogP) is 3.28. The SMILES string of the molecule is O=C(CCl)OCc1ccc(Cl)cc1Cl. The lowest BCUT2D eigenvalue weighted by Gasteiger charge is -2.05. The topological polar surface area (TPSA) is 26.3 Å². The van der Waals surface area contributed by atoms with E-state index in [0.29, 0.717) is 15.6 Å². The highest BCUT2D eigenvalue weighted by Gasteiger charge is 2.04. The normalized spacial score (nSPS) is 9.93. The Morgan fingerprint density at radius 2 is 2.07 bits per heavy atom. The van der Waals surface area contributed by atoms with Gasteiger partial charge in [-0.15, -0.1) is 11.6 Å². The van der Waals surface area contributed by atoms with Crippen molar-refractivity contribution in [3.05, 3.63) is 33.8 Å². The molecule has 0 aliphatic carbocycles. The van der Waals surface area contributed by atoms with E-state index < -0.39 is 5.97 Å². The third kappa shape index (κ3) is 3.37. The van der Waals surface area contributed by atoms with E-state index in [1.807, 2.05) is 0 Å². The van der Waals surface area contributed by atoms with Crippen molar-refractivity contribution in [1.82, 2.24) is 0 Å². The average molecular weight is 254 g/mol. The number of alkyl halides is 1. The van der Waals surface area contributed by atoms with E-state index in [0.717, 1.165) is 0 Å². The van der Waals surface area contributed by atoms with Crippen molar-refractivity contribution in [2.45, 2.75) is 6.61 Å². The molecular formula is C9H7Cl3O2. The second-order valence-electron chi connectivity index (χ2n) is 2.53. The van der Waals surface area contributed by atoms with Crippen LogP contribution in [0.15, 0.2) is 18.2 Å². The van der Waals surface area contributed by atoms with Gasteiger partial charge in [0, 0.05) is 15.6 Å². The molecule has 2 nitrogen and oxygen atoms in total. The maximum Gasteiger partial charge on any atom is 0.321 e. The van der Waals surface area contributed by atoms with Gasteiger partial charge in [0.15, 0.2) is 0 Å². The molecule has 0 unspecified atom stereocenters. The first-order valence-corrected chi connectivity index (χ1v) is 5.08. The summed E-state index contributed by atoms with van der Waals surface area (Å²) in [4.78, 5) is 10.7. The number of halogens is 3. The molecule has 0 bridgehead atoms. The van der Waals surface area contributed by atoms with Crippen LogP contribution >= 0.6 is 34.8 Å². The number of benzene rings is 1. The number of esters is 1. The van der Waals surface area contributed by atoms with E-state index >= 15 is 0 Å². The Hall–Kier alpha value is -0.440. The van der Waals surface area contributed by atoms with Crippen LogP contribution in [0.4, 0.5) is 0 Å². The van der Waals surface area contributed by atoms with Gasteiger partial charge in [-0.2, -0.15) is 0 Å². The molecule has 76 valence electrons. The largest absolute Gasteiger partial charge is 0.460 e. The van der Waals surface area contributed by atoms with Crippen molar-refractivity contribution in [3.63, 3.8) is 0 Å². The second kappa shape index (κ2) is 5.44. The molecule has 0 amide bonds. The van der Waals surface area contributed by atoms with Gasteiger partial charge < -0.3 is 4.74 Å². The minimum absolute atomic E-state index is 0.113. The van der Waals surface area contributed by atoms with Gasteiger partial charge in [-0.05, 0) is 12.1 Å². The monoisotopic (exact) mass is 252 g/mol. The third-order valence-electron chi connectivity index (χ3n) is 1.51. The summed E-state index contributed by atoms with van der Waals surface area (Å²) in [5.74, 6) is -0.636. The fraction of sp³-hybridized carbons (Fsp3) is 0.222. The van der Waals surface area contributed by atoms with E-state index in [1.165, 1.54) is 0 Å². The van der Waals surface area contributed by atoms with Crippen LogP contribution < -0.4 is 0 Å². The van der Waals surface area contributed by atoms with Gasteiger partial charge in [-0.3, -0.25) is 4.79 Å². The molecule has 14 heavy (non-hydrogen) atoms. The van der Waals surface area contributed by atoms with Crippen molar-refractivity contribution in [2.75, 3.05) is 5.88 Å². The molecule has 0 atom stereocenters. The minimum atomic E-state index is -0.474. The van der Waals surface area contributed by atoms with Gasteiger partial charge in [0.05, 0.1) is 0 Å². The number of ether oxygens (including phenoxy) is 1. The van der Waals surface area contributed by atoms with E-state index in [4.69, 9.17) is 39.5 Å². The number of carbonyl (C=O) groups excluding carboxylic acids is 1. The van der Waals surface area contributed by atoms with Crippen molar-refractivity contribution >= 4 is 40.8 Å². The lowest BCUT2D eigenvalue weighted by atomic mass is 10.2. The highest BCUT2D eigenvalue weighted by atomic mass is 35.5. The zero-order valence-corrected chi connectivity index (χ0v) is 9.36. The molecule has 0 saturated heterocycles. The number of rotatable bonds is 3. The van der Waals surface area contributed by atoms with Crippen LogP contribution in [0.2, 0.25) is 10.0 Å². The van der Waals surface area contributed by atoms with Crippen LogP contribution in [-0.4, -0.2) is 11.8 Å². The molecule has 0 radical (unpaired) electrons. The van der Waals surface area contributed by atoms with Crippen molar-refractivity contribution in [1.29, 1.82) is 0 Å². The lowest BCUT2D eigenvalue weighted by Crippen LogP contribution is -2.05. The molecule has 5 heteroatoms. The fourth-order valence-corrected chi connectivity index (χ4v) is 1.38. The highest BCUT2D eigenvalue weighted by molar-refractivity contribution is 6.35. The van der Waals surface area contributed by atoms with E-state index in [2.05, 4.69) is 0 Å². The summed E-state index contributed by atoms with van der Waals surface area (Å²) in [6.45, 7) is 0.113. The molecule has 0 heterocycles. The average Bonchev–Trinajstić information content (AvgIpc) is 2.16. The van der Waals surface area contributed by atoms with Crippen LogP contribution in [0.1, 0.15) is 5.56 Å².